The number of hydrogen-bond acceptors (Lipinski definition) is 4. The quantitative estimate of drug-likeness (QED) is 0.288. The number of esters is 1. The molecule has 0 aliphatic rings. The van der Waals surface area contributed by atoms with Crippen LogP contribution in [0.15, 0.2) is 84.9 Å². The SMILES string of the molecule is O=C(O)/C=C/c1ccc(OC(=O)CCc2ccccc2)c(OCCc2ccccc2)c1. The summed E-state index contributed by atoms with van der Waals surface area (Å²) in [5, 5.41) is 8.85. The molecule has 0 saturated carbocycles. The van der Waals surface area contributed by atoms with Crippen molar-refractivity contribution in [1.82, 2.24) is 0 Å². The van der Waals surface area contributed by atoms with Crippen molar-refractivity contribution in [2.24, 2.45) is 0 Å². The fraction of sp³-hybridized carbons (Fsp3) is 0.154. The first-order chi connectivity index (χ1) is 15.1. The smallest absolute Gasteiger partial charge is 0.328 e. The van der Waals surface area contributed by atoms with E-state index in [0.717, 1.165) is 17.2 Å². The number of ether oxygens (including phenoxy) is 2. The third kappa shape index (κ3) is 7.48. The van der Waals surface area contributed by atoms with Gasteiger partial charge >= 0.3 is 11.9 Å². The number of rotatable bonds is 10. The lowest BCUT2D eigenvalue weighted by Gasteiger charge is -2.13. The summed E-state index contributed by atoms with van der Waals surface area (Å²) >= 11 is 0. The van der Waals surface area contributed by atoms with Crippen LogP contribution in [-0.4, -0.2) is 23.7 Å². The molecular weight excluding hydrogens is 392 g/mol. The van der Waals surface area contributed by atoms with E-state index >= 15 is 0 Å². The number of aryl methyl sites for hydroxylation is 1. The van der Waals surface area contributed by atoms with Crippen LogP contribution in [0.2, 0.25) is 0 Å². The maximum absolute atomic E-state index is 12.4. The molecule has 0 heterocycles. The highest BCUT2D eigenvalue weighted by atomic mass is 16.6. The van der Waals surface area contributed by atoms with Crippen molar-refractivity contribution in [3.63, 3.8) is 0 Å². The van der Waals surface area contributed by atoms with Gasteiger partial charge in [-0.1, -0.05) is 66.7 Å². The van der Waals surface area contributed by atoms with Crippen molar-refractivity contribution in [2.75, 3.05) is 6.61 Å². The average Bonchev–Trinajstić information content (AvgIpc) is 2.79. The van der Waals surface area contributed by atoms with E-state index in [1.54, 1.807) is 18.2 Å². The van der Waals surface area contributed by atoms with E-state index < -0.39 is 5.97 Å². The zero-order valence-electron chi connectivity index (χ0n) is 17.1. The molecule has 0 unspecified atom stereocenters. The summed E-state index contributed by atoms with van der Waals surface area (Å²) in [6, 6.07) is 24.6. The second-order valence-corrected chi connectivity index (χ2v) is 6.92. The Kier molecular flexibility index (Phi) is 8.00. The van der Waals surface area contributed by atoms with E-state index in [1.165, 1.54) is 6.08 Å². The standard InChI is InChI=1S/C26H24O5/c27-25(28)15-12-22-11-14-23(31-26(29)16-13-20-7-3-1-4-8-20)24(19-22)30-18-17-21-9-5-2-6-10-21/h1-12,14-15,19H,13,16-18H2,(H,27,28)/b15-12+. The van der Waals surface area contributed by atoms with E-state index in [0.29, 0.717) is 36.5 Å². The second-order valence-electron chi connectivity index (χ2n) is 6.92. The lowest BCUT2D eigenvalue weighted by atomic mass is 10.1. The molecule has 3 rings (SSSR count). The van der Waals surface area contributed by atoms with Crippen LogP contribution in [0.25, 0.3) is 6.08 Å². The van der Waals surface area contributed by atoms with Crippen molar-refractivity contribution in [2.45, 2.75) is 19.3 Å². The Hall–Kier alpha value is -3.86. The molecule has 0 aliphatic carbocycles. The summed E-state index contributed by atoms with van der Waals surface area (Å²) < 4.78 is 11.4. The van der Waals surface area contributed by atoms with Crippen molar-refractivity contribution in [3.05, 3.63) is 102 Å². The molecule has 0 fully saturated rings. The molecule has 158 valence electrons. The first-order valence-electron chi connectivity index (χ1n) is 10.1. The predicted molar refractivity (Wildman–Crippen MR) is 119 cm³/mol. The van der Waals surface area contributed by atoms with E-state index in [9.17, 15) is 9.59 Å². The van der Waals surface area contributed by atoms with Gasteiger partial charge in [0.1, 0.15) is 0 Å². The summed E-state index contributed by atoms with van der Waals surface area (Å²) in [5.41, 5.74) is 2.83. The molecule has 0 amide bonds. The zero-order valence-corrected chi connectivity index (χ0v) is 17.1. The van der Waals surface area contributed by atoms with Crippen LogP contribution in [-0.2, 0) is 22.4 Å². The molecule has 0 bridgehead atoms. The van der Waals surface area contributed by atoms with Crippen LogP contribution < -0.4 is 9.47 Å². The molecule has 5 nitrogen and oxygen atoms in total. The van der Waals surface area contributed by atoms with Gasteiger partial charge in [0.05, 0.1) is 6.61 Å². The molecule has 0 atom stereocenters. The highest BCUT2D eigenvalue weighted by Gasteiger charge is 2.12. The summed E-state index contributed by atoms with van der Waals surface area (Å²) in [4.78, 5) is 23.2. The van der Waals surface area contributed by atoms with Gasteiger partial charge in [0, 0.05) is 18.9 Å². The molecule has 5 heteroatoms. The molecule has 0 radical (unpaired) electrons. The van der Waals surface area contributed by atoms with Gasteiger partial charge in [0.2, 0.25) is 0 Å². The zero-order chi connectivity index (χ0) is 21.9. The van der Waals surface area contributed by atoms with Gasteiger partial charge < -0.3 is 14.6 Å². The average molecular weight is 416 g/mol. The molecule has 0 aromatic heterocycles. The summed E-state index contributed by atoms with van der Waals surface area (Å²) in [5.74, 6) is -0.677. The lowest BCUT2D eigenvalue weighted by molar-refractivity contribution is -0.134. The highest BCUT2D eigenvalue weighted by Crippen LogP contribution is 2.30. The molecule has 0 saturated heterocycles. The monoisotopic (exact) mass is 416 g/mol. The van der Waals surface area contributed by atoms with Gasteiger partial charge in [-0.05, 0) is 41.3 Å². The van der Waals surface area contributed by atoms with Crippen LogP contribution in [0.4, 0.5) is 0 Å². The Morgan fingerprint density at radius 3 is 2.10 bits per heavy atom. The van der Waals surface area contributed by atoms with E-state index in [-0.39, 0.29) is 12.4 Å². The van der Waals surface area contributed by atoms with Crippen molar-refractivity contribution >= 4 is 18.0 Å². The van der Waals surface area contributed by atoms with Crippen LogP contribution in [0, 0.1) is 0 Å². The van der Waals surface area contributed by atoms with Crippen LogP contribution >= 0.6 is 0 Å². The maximum Gasteiger partial charge on any atom is 0.328 e. The Morgan fingerprint density at radius 2 is 1.45 bits per heavy atom. The van der Waals surface area contributed by atoms with Gasteiger partial charge in [-0.25, -0.2) is 4.79 Å². The number of carboxylic acid groups (broad SMARTS) is 1. The van der Waals surface area contributed by atoms with Crippen LogP contribution in [0.1, 0.15) is 23.1 Å². The van der Waals surface area contributed by atoms with E-state index in [2.05, 4.69) is 0 Å². The largest absolute Gasteiger partial charge is 0.489 e. The Labute approximate surface area is 181 Å². The molecular formula is C26H24O5. The van der Waals surface area contributed by atoms with Gasteiger partial charge in [-0.2, -0.15) is 0 Å². The van der Waals surface area contributed by atoms with E-state index in [1.807, 2.05) is 60.7 Å². The topological polar surface area (TPSA) is 72.8 Å². The Morgan fingerprint density at radius 1 is 0.806 bits per heavy atom. The summed E-state index contributed by atoms with van der Waals surface area (Å²) in [7, 11) is 0. The van der Waals surface area contributed by atoms with Crippen LogP contribution in [0.3, 0.4) is 0 Å². The number of carboxylic acids is 1. The molecule has 3 aromatic rings. The number of hydrogen-bond donors (Lipinski definition) is 1. The fourth-order valence-corrected chi connectivity index (χ4v) is 2.98. The first-order valence-corrected chi connectivity index (χ1v) is 10.1. The maximum atomic E-state index is 12.4. The van der Waals surface area contributed by atoms with Crippen molar-refractivity contribution in [3.8, 4) is 11.5 Å². The third-order valence-electron chi connectivity index (χ3n) is 4.56. The second kappa shape index (κ2) is 11.4. The van der Waals surface area contributed by atoms with Gasteiger partial charge in [-0.3, -0.25) is 4.79 Å². The van der Waals surface area contributed by atoms with Gasteiger partial charge in [0.15, 0.2) is 11.5 Å². The third-order valence-corrected chi connectivity index (χ3v) is 4.56. The minimum Gasteiger partial charge on any atom is -0.489 e. The molecule has 0 aliphatic heterocycles. The molecule has 31 heavy (non-hydrogen) atoms. The van der Waals surface area contributed by atoms with Gasteiger partial charge in [0.25, 0.3) is 0 Å². The van der Waals surface area contributed by atoms with Crippen LogP contribution in [0.5, 0.6) is 11.5 Å². The summed E-state index contributed by atoms with van der Waals surface area (Å²) in [6.45, 7) is 0.394. The molecule has 1 N–H and O–H groups in total. The number of carbonyl (C=O) groups excluding carboxylic acids is 1. The summed E-state index contributed by atoms with van der Waals surface area (Å²) in [6.07, 6.45) is 4.04. The first kappa shape index (κ1) is 21.8. The number of carbonyl (C=O) groups is 2. The normalized spacial score (nSPS) is 10.7. The highest BCUT2D eigenvalue weighted by molar-refractivity contribution is 5.85. The Bertz CT molecular complexity index is 1030. The van der Waals surface area contributed by atoms with Crippen molar-refractivity contribution in [1.29, 1.82) is 0 Å². The molecule has 3 aromatic carbocycles. The Balaban J connectivity index is 1.67. The number of aliphatic carboxylic acids is 1. The van der Waals surface area contributed by atoms with E-state index in [4.69, 9.17) is 14.6 Å². The van der Waals surface area contributed by atoms with Crippen molar-refractivity contribution < 1.29 is 24.2 Å². The van der Waals surface area contributed by atoms with Gasteiger partial charge in [-0.15, -0.1) is 0 Å². The minimum atomic E-state index is -1.04. The molecule has 0 spiro atoms. The lowest BCUT2D eigenvalue weighted by Crippen LogP contribution is -2.11. The minimum absolute atomic E-state index is 0.244. The fourth-order valence-electron chi connectivity index (χ4n) is 2.98. The predicted octanol–water partition coefficient (Wildman–Crippen LogP) is 4.94. The number of benzene rings is 3.